The number of aliphatic hydroxyl groups excluding tert-OH is 2. The molecule has 114 heavy (non-hydrogen) atoms. The molecule has 0 aromatic heterocycles. The smallest absolute Gasteiger partial charge is 0.311 e. The number of rotatable bonds is 48. The van der Waals surface area contributed by atoms with Crippen LogP contribution in [0.4, 0.5) is 0 Å². The molecule has 0 rings (SSSR count). The van der Waals surface area contributed by atoms with Crippen molar-refractivity contribution in [2.24, 2.45) is 27.6 Å². The Hall–Kier alpha value is -3.31. The fourth-order valence-electron chi connectivity index (χ4n) is 8.70. The van der Waals surface area contributed by atoms with Crippen LogP contribution in [0.2, 0.25) is 0 Å². The van der Waals surface area contributed by atoms with Crippen molar-refractivity contribution >= 4 is 74.4 Å². The van der Waals surface area contributed by atoms with Crippen LogP contribution in [0.5, 0.6) is 0 Å². The highest BCUT2D eigenvalue weighted by Crippen LogP contribution is 2.27. The summed E-state index contributed by atoms with van der Waals surface area (Å²) in [4.78, 5) is 46.9. The van der Waals surface area contributed by atoms with Crippen LogP contribution >= 0.6 is 0 Å². The van der Waals surface area contributed by atoms with E-state index in [0.717, 1.165) is 57.4 Å². The number of hydrogen-bond donors (Lipinski definition) is 4. The zero-order valence-corrected chi connectivity index (χ0v) is 71.4. The number of quaternary nitrogens is 5. The number of carbonyl (C=O) groups is 4. The quantitative estimate of drug-likeness (QED) is 0.0145. The van der Waals surface area contributed by atoms with Crippen molar-refractivity contribution in [2.75, 3.05) is 198 Å². The van der Waals surface area contributed by atoms with E-state index in [4.69, 9.17) is 14.2 Å². The van der Waals surface area contributed by atoms with E-state index in [-0.39, 0.29) is 164 Å². The molecule has 0 aromatic rings. The van der Waals surface area contributed by atoms with Crippen LogP contribution in [0.15, 0.2) is 12.3 Å². The summed E-state index contributed by atoms with van der Waals surface area (Å²) in [6.07, 6.45) is 4.27. The summed E-state index contributed by atoms with van der Waals surface area (Å²) in [5.41, 5.74) is -0.283. The predicted octanol–water partition coefficient (Wildman–Crippen LogP) is 10.3. The highest BCUT2D eigenvalue weighted by molar-refractivity contribution is 7.86. The molecule has 4 N–H and O–H groups in total. The van der Waals surface area contributed by atoms with E-state index in [9.17, 15) is 94.2 Å². The average Bonchev–Trinajstić information content (AvgIpc) is 0.908. The molecule has 3 atom stereocenters. The Balaban J connectivity index is -0.0000000735. The Bertz CT molecular complexity index is 3070. The van der Waals surface area contributed by atoms with Gasteiger partial charge in [0.25, 0.3) is 0 Å². The topological polar surface area (TPSA) is 446 Å². The lowest BCUT2D eigenvalue weighted by Crippen LogP contribution is -2.49. The summed E-state index contributed by atoms with van der Waals surface area (Å²) in [6.45, 7) is 38.6. The Morgan fingerprint density at radius 1 is 0.377 bits per heavy atom. The highest BCUT2D eigenvalue weighted by Gasteiger charge is 2.31. The number of esters is 3. The maximum atomic E-state index is 11.9. The minimum absolute atomic E-state index is 0. The van der Waals surface area contributed by atoms with Crippen LogP contribution in [-0.4, -0.2) is 331 Å². The van der Waals surface area contributed by atoms with Crippen LogP contribution in [0.25, 0.3) is 0 Å². The fraction of sp³-hybridized carbons (Fsp3) is 0.923. The third kappa shape index (κ3) is 88.0. The minimum atomic E-state index is -4.45. The summed E-state index contributed by atoms with van der Waals surface area (Å²) in [7, 11) is -2.26. The largest absolute Gasteiger partial charge is 0.748 e. The molecule has 0 radical (unpaired) electrons. The zero-order chi connectivity index (χ0) is 82.4. The van der Waals surface area contributed by atoms with Gasteiger partial charge in [-0.3, -0.25) is 19.2 Å². The third-order valence-corrected chi connectivity index (χ3v) is 22.0. The van der Waals surface area contributed by atoms with Gasteiger partial charge in [-0.05, 0) is 59.8 Å². The summed E-state index contributed by atoms with van der Waals surface area (Å²) in [5.74, 6) is -3.28. The molecule has 0 bridgehead atoms. The molecule has 36 heteroatoms. The van der Waals surface area contributed by atoms with Gasteiger partial charge in [0.1, 0.15) is 64.8 Å². The second kappa shape index (κ2) is 66.4. The molecule has 0 saturated carbocycles. The number of hydrogen-bond acceptors (Lipinski definition) is 25. The van der Waals surface area contributed by atoms with E-state index in [1.54, 1.807) is 27.9 Å². The van der Waals surface area contributed by atoms with Gasteiger partial charge in [0, 0.05) is 79.0 Å². The van der Waals surface area contributed by atoms with Crippen molar-refractivity contribution in [2.45, 2.75) is 255 Å². The van der Waals surface area contributed by atoms with Gasteiger partial charge in [0.05, 0.1) is 182 Å². The van der Waals surface area contributed by atoms with Gasteiger partial charge in [0.2, 0.25) is 5.91 Å². The Labute approximate surface area is 704 Å². The van der Waals surface area contributed by atoms with E-state index in [0.29, 0.717) is 109 Å². The van der Waals surface area contributed by atoms with E-state index in [1.807, 2.05) is 119 Å². The zero-order valence-electron chi connectivity index (χ0n) is 67.3. The van der Waals surface area contributed by atoms with Gasteiger partial charge in [-0.1, -0.05) is 158 Å². The molecule has 0 aromatic carbocycles. The van der Waals surface area contributed by atoms with E-state index in [1.165, 1.54) is 0 Å². The Morgan fingerprint density at radius 3 is 0.895 bits per heavy atom. The summed E-state index contributed by atoms with van der Waals surface area (Å²) < 4.78 is 176. The van der Waals surface area contributed by atoms with E-state index >= 15 is 0 Å². The number of carbonyl (C=O) groups excluding carboxylic acids is 4. The first kappa shape index (κ1) is 149. The lowest BCUT2D eigenvalue weighted by atomic mass is 9.87. The molecule has 706 valence electrons. The molecule has 0 aliphatic rings. The van der Waals surface area contributed by atoms with Crippen molar-refractivity contribution in [1.82, 2.24) is 10.6 Å². The number of likely N-dealkylation sites (N-methyl/N-ethyl adjacent to an activating group) is 4. The normalized spacial score (nSPS) is 12.7. The first-order chi connectivity index (χ1) is 45.9. The molecule has 0 aliphatic carbocycles. The number of nitrogens with zero attached hydrogens (tertiary/aromatic N) is 5. The molecule has 0 aliphatic heterocycles. The summed E-state index contributed by atoms with van der Waals surface area (Å²) in [6, 6.07) is 0. The number of nitrogens with one attached hydrogen (secondary N) is 2. The van der Waals surface area contributed by atoms with Crippen molar-refractivity contribution < 1.29 is 131 Å². The maximum absolute atomic E-state index is 11.9. The number of ether oxygens (including phenoxy) is 3. The SMILES string of the molecule is C.C.C.C.C.C.C.C.C.C.C.C=C(NCCC[N+](C)(C)CC(O)CS(=O)(=O)[O-])C(C)(C)CC.CCC(C)(C)C(=O)NCCC[N+](C)(C)CCCS(=O)(=O)[O-].CCC(C)(C)C(=O)OCC[N+](C)(C)CC(O)CS(=O)(=O)[O-].CCC(C)(C)C(=O)OCC[N+](C)(C)CCCS(=O)(=O)[O-].CCC(C)C(=O)OCC[N+](C)(C)CCCS(=O)(=O)[O-]. The number of amides is 1. The van der Waals surface area contributed by atoms with Crippen LogP contribution in [0, 0.1) is 27.6 Å². The van der Waals surface area contributed by atoms with Crippen molar-refractivity contribution in [1.29, 1.82) is 0 Å². The molecule has 0 heterocycles. The van der Waals surface area contributed by atoms with Crippen molar-refractivity contribution in [3.63, 3.8) is 0 Å². The van der Waals surface area contributed by atoms with Gasteiger partial charge in [0.15, 0.2) is 0 Å². The molecule has 1 amide bonds. The van der Waals surface area contributed by atoms with Gasteiger partial charge >= 0.3 is 17.9 Å². The predicted molar refractivity (Wildman–Crippen MR) is 470 cm³/mol. The number of aliphatic hydroxyl groups is 2. The first-order valence-corrected chi connectivity index (χ1v) is 43.2. The molecule has 0 fully saturated rings. The number of allylic oxidation sites excluding steroid dienone is 1. The van der Waals surface area contributed by atoms with E-state index in [2.05, 4.69) is 38.0 Å². The summed E-state index contributed by atoms with van der Waals surface area (Å²) >= 11 is 0. The third-order valence-electron chi connectivity index (χ3n) is 18.1. The van der Waals surface area contributed by atoms with Crippen molar-refractivity contribution in [3.05, 3.63) is 12.3 Å². The lowest BCUT2D eigenvalue weighted by molar-refractivity contribution is -0.893. The van der Waals surface area contributed by atoms with Gasteiger partial charge in [-0.25, -0.2) is 42.1 Å². The minimum Gasteiger partial charge on any atom is -0.748 e. The van der Waals surface area contributed by atoms with Gasteiger partial charge in [-0.2, -0.15) is 0 Å². The lowest BCUT2D eigenvalue weighted by Gasteiger charge is -2.32. The first-order valence-electron chi connectivity index (χ1n) is 35.3. The Kier molecular flexibility index (Phi) is 86.5. The second-order valence-electron chi connectivity index (χ2n) is 32.5. The van der Waals surface area contributed by atoms with Crippen LogP contribution in [-0.2, 0) is 84.0 Å². The second-order valence-corrected chi connectivity index (χ2v) is 40.0. The molecule has 0 spiro atoms. The van der Waals surface area contributed by atoms with Gasteiger partial charge in [-0.15, -0.1) is 0 Å². The van der Waals surface area contributed by atoms with Crippen molar-refractivity contribution in [3.8, 4) is 0 Å². The molecule has 31 nitrogen and oxygen atoms in total. The molecular formula is C78H185N7O24S5. The average molecular weight is 1770 g/mol. The standard InChI is InChI=1S/C15H32N2O4S.C14H30N2O4S.C13H27NO6S.C13H27NO5S.C12H25NO5S.11CH4/c1-7-15(3,4)13(2)16-9-8-10-17(5,6)11-14(18)12-22(19,20)21;1-6-14(2,3)13(17)15-9-7-10-16(4,5)11-8-12-21(18,19)20;1-6-13(2,3)12(16)20-8-7-14(4,5)9-11(15)10-21(17,18)19;1-6-13(2,3)12(15)19-10-9-14(4,5)8-7-11-20(16,17)18;1-5-11(2)12(14)18-9-8-13(3,4)7-6-10-19(15,16)17;;;;;;;;;;;/h14,16,18H,2,7-12H2,1,3-6H3;6-12H2,1-5H3,(H-,15,17,18,19,20);11,15H,6-10H2,1-5H3;6-11H2,1-5H3;11H,5-10H2,1-4H3;11*1H4. The molecule has 3 unspecified atom stereocenters. The highest BCUT2D eigenvalue weighted by atomic mass is 32.2. The van der Waals surface area contributed by atoms with Crippen LogP contribution in [0.1, 0.15) is 243 Å². The van der Waals surface area contributed by atoms with E-state index < -0.39 is 85.1 Å². The molecule has 0 saturated heterocycles. The monoisotopic (exact) mass is 1760 g/mol. The maximum Gasteiger partial charge on any atom is 0.311 e. The van der Waals surface area contributed by atoms with Crippen LogP contribution in [0.3, 0.4) is 0 Å². The Morgan fingerprint density at radius 2 is 0.623 bits per heavy atom. The summed E-state index contributed by atoms with van der Waals surface area (Å²) in [5, 5.41) is 25.5. The van der Waals surface area contributed by atoms with Gasteiger partial charge < -0.3 is 80.2 Å². The fourth-order valence-corrected chi connectivity index (χ4v) is 11.3. The van der Waals surface area contributed by atoms with Crippen LogP contribution < -0.4 is 10.6 Å². The molecular weight excluding hydrogens is 1580 g/mol.